The maximum atomic E-state index is 12.0. The van der Waals surface area contributed by atoms with E-state index < -0.39 is 0 Å². The molecule has 0 spiro atoms. The van der Waals surface area contributed by atoms with Gasteiger partial charge in [-0.05, 0) is 55.2 Å². The van der Waals surface area contributed by atoms with Crippen molar-refractivity contribution in [1.82, 2.24) is 4.98 Å². The smallest absolute Gasteiger partial charge is 0.308 e. The first-order chi connectivity index (χ1) is 13.0. The van der Waals surface area contributed by atoms with Gasteiger partial charge in [0.1, 0.15) is 0 Å². The number of halogens is 1. The number of carbonyl (C=O) groups excluding carboxylic acids is 1. The second kappa shape index (κ2) is 6.86. The molecule has 1 aromatic heterocycles. The van der Waals surface area contributed by atoms with Crippen LogP contribution in [0, 0.1) is 12.8 Å². The van der Waals surface area contributed by atoms with E-state index in [1.165, 1.54) is 7.11 Å². The summed E-state index contributed by atoms with van der Waals surface area (Å²) in [5.74, 6) is -0.272. The fourth-order valence-corrected chi connectivity index (χ4v) is 4.23. The number of rotatable bonds is 4. The molecule has 5 heteroatoms. The van der Waals surface area contributed by atoms with Crippen molar-refractivity contribution < 1.29 is 9.53 Å². The molecular formula is C22H21ClN2O2. The first kappa shape index (κ1) is 17.8. The standard InChI is InChI=1S/C22H21ClN2O2/c1-14-18(6-3-7-19(14)23)22(12-16(13-22)21(26)27-2)25-17-9-8-15-5-4-10-24-20(15)11-17/h3-11,16,25H,12-13H2,1-2H3. The summed E-state index contributed by atoms with van der Waals surface area (Å²) in [7, 11) is 1.44. The van der Waals surface area contributed by atoms with Gasteiger partial charge < -0.3 is 10.1 Å². The van der Waals surface area contributed by atoms with Crippen LogP contribution >= 0.6 is 11.6 Å². The monoisotopic (exact) mass is 380 g/mol. The van der Waals surface area contributed by atoms with E-state index >= 15 is 0 Å². The number of hydrogen-bond acceptors (Lipinski definition) is 4. The number of nitrogens with zero attached hydrogens (tertiary/aromatic N) is 1. The van der Waals surface area contributed by atoms with E-state index in [0.29, 0.717) is 12.8 Å². The van der Waals surface area contributed by atoms with Crippen LogP contribution in [-0.2, 0) is 15.1 Å². The lowest BCUT2D eigenvalue weighted by Crippen LogP contribution is -2.50. The highest BCUT2D eigenvalue weighted by Gasteiger charge is 2.50. The number of ether oxygens (including phenoxy) is 1. The average molecular weight is 381 g/mol. The maximum absolute atomic E-state index is 12.0. The number of esters is 1. The summed E-state index contributed by atoms with van der Waals surface area (Å²) in [5, 5.41) is 5.50. The van der Waals surface area contributed by atoms with Crippen LogP contribution in [0.1, 0.15) is 24.0 Å². The van der Waals surface area contributed by atoms with E-state index in [1.807, 2.05) is 37.3 Å². The number of anilines is 1. The molecule has 0 unspecified atom stereocenters. The van der Waals surface area contributed by atoms with Gasteiger partial charge in [-0.15, -0.1) is 0 Å². The minimum atomic E-state index is -0.351. The van der Waals surface area contributed by atoms with Gasteiger partial charge in [-0.2, -0.15) is 0 Å². The van der Waals surface area contributed by atoms with Gasteiger partial charge in [0.15, 0.2) is 0 Å². The van der Waals surface area contributed by atoms with Crippen LogP contribution in [0.15, 0.2) is 54.7 Å². The Morgan fingerprint density at radius 3 is 2.81 bits per heavy atom. The van der Waals surface area contributed by atoms with Crippen LogP contribution in [0.2, 0.25) is 5.02 Å². The van der Waals surface area contributed by atoms with Gasteiger partial charge in [0.2, 0.25) is 0 Å². The summed E-state index contributed by atoms with van der Waals surface area (Å²) in [5.41, 5.74) is 3.72. The third-order valence-corrected chi connectivity index (χ3v) is 5.91. The molecular weight excluding hydrogens is 360 g/mol. The number of hydrogen-bond donors (Lipinski definition) is 1. The zero-order valence-corrected chi connectivity index (χ0v) is 16.1. The number of aromatic nitrogens is 1. The first-order valence-electron chi connectivity index (χ1n) is 8.99. The maximum Gasteiger partial charge on any atom is 0.308 e. The molecule has 1 N–H and O–H groups in total. The zero-order chi connectivity index (χ0) is 19.0. The second-order valence-electron chi connectivity index (χ2n) is 7.16. The van der Waals surface area contributed by atoms with E-state index in [2.05, 4.69) is 28.5 Å². The topological polar surface area (TPSA) is 51.2 Å². The van der Waals surface area contributed by atoms with Crippen LogP contribution in [0.5, 0.6) is 0 Å². The van der Waals surface area contributed by atoms with Gasteiger partial charge in [0.25, 0.3) is 0 Å². The van der Waals surface area contributed by atoms with Crippen molar-refractivity contribution in [2.75, 3.05) is 12.4 Å². The quantitative estimate of drug-likeness (QED) is 0.641. The summed E-state index contributed by atoms with van der Waals surface area (Å²) in [6.07, 6.45) is 3.13. The van der Waals surface area contributed by atoms with Gasteiger partial charge in [0.05, 0.1) is 24.1 Å². The molecule has 138 valence electrons. The molecule has 0 amide bonds. The molecule has 1 heterocycles. The van der Waals surface area contributed by atoms with Crippen molar-refractivity contribution in [3.8, 4) is 0 Å². The van der Waals surface area contributed by atoms with Crippen molar-refractivity contribution in [2.24, 2.45) is 5.92 Å². The van der Waals surface area contributed by atoms with Crippen molar-refractivity contribution in [3.63, 3.8) is 0 Å². The van der Waals surface area contributed by atoms with Crippen molar-refractivity contribution in [1.29, 1.82) is 0 Å². The van der Waals surface area contributed by atoms with Crippen molar-refractivity contribution >= 4 is 34.2 Å². The van der Waals surface area contributed by atoms with Crippen LogP contribution in [-0.4, -0.2) is 18.1 Å². The Hall–Kier alpha value is -2.59. The number of nitrogens with one attached hydrogen (secondary N) is 1. The van der Waals surface area contributed by atoms with Gasteiger partial charge in [-0.1, -0.05) is 35.9 Å². The molecule has 0 saturated heterocycles. The fourth-order valence-electron chi connectivity index (χ4n) is 4.05. The highest BCUT2D eigenvalue weighted by Crippen LogP contribution is 2.50. The van der Waals surface area contributed by atoms with E-state index in [1.54, 1.807) is 6.20 Å². The second-order valence-corrected chi connectivity index (χ2v) is 7.57. The van der Waals surface area contributed by atoms with Gasteiger partial charge >= 0.3 is 5.97 Å². The molecule has 4 rings (SSSR count). The molecule has 0 atom stereocenters. The van der Waals surface area contributed by atoms with Crippen molar-refractivity contribution in [3.05, 3.63) is 70.9 Å². The van der Waals surface area contributed by atoms with Gasteiger partial charge in [-0.25, -0.2) is 0 Å². The molecule has 1 aliphatic rings. The lowest BCUT2D eigenvalue weighted by molar-refractivity contribution is -0.150. The molecule has 0 aliphatic heterocycles. The predicted octanol–water partition coefficient (Wildman–Crippen LogP) is 5.09. The number of methoxy groups -OCH3 is 1. The third-order valence-electron chi connectivity index (χ3n) is 5.50. The molecule has 1 fully saturated rings. The average Bonchev–Trinajstić information content (AvgIpc) is 2.66. The Morgan fingerprint density at radius 1 is 1.22 bits per heavy atom. The van der Waals surface area contributed by atoms with Gasteiger partial charge in [-0.3, -0.25) is 9.78 Å². The summed E-state index contributed by atoms with van der Waals surface area (Å²) in [6.45, 7) is 2.02. The minimum absolute atomic E-state index is 0.112. The number of carbonyl (C=O) groups is 1. The minimum Gasteiger partial charge on any atom is -0.469 e. The Labute approximate surface area is 163 Å². The molecule has 0 radical (unpaired) electrons. The Balaban J connectivity index is 1.72. The fraction of sp³-hybridized carbons (Fsp3) is 0.273. The Morgan fingerprint density at radius 2 is 2.04 bits per heavy atom. The molecule has 4 nitrogen and oxygen atoms in total. The normalized spacial score (nSPS) is 21.5. The largest absolute Gasteiger partial charge is 0.469 e. The van der Waals surface area contributed by atoms with Crippen LogP contribution in [0.3, 0.4) is 0 Å². The highest BCUT2D eigenvalue weighted by atomic mass is 35.5. The van der Waals surface area contributed by atoms with E-state index in [9.17, 15) is 4.79 Å². The molecule has 3 aromatic rings. The molecule has 2 aromatic carbocycles. The molecule has 27 heavy (non-hydrogen) atoms. The highest BCUT2D eigenvalue weighted by molar-refractivity contribution is 6.31. The van der Waals surface area contributed by atoms with Crippen LogP contribution < -0.4 is 5.32 Å². The Kier molecular flexibility index (Phi) is 4.52. The SMILES string of the molecule is COC(=O)C1CC(Nc2ccc3cccnc3c2)(c2cccc(Cl)c2C)C1. The van der Waals surface area contributed by atoms with Gasteiger partial charge in [0, 0.05) is 22.3 Å². The number of fused-ring (bicyclic) bond motifs is 1. The van der Waals surface area contributed by atoms with E-state index in [4.69, 9.17) is 16.3 Å². The summed E-state index contributed by atoms with van der Waals surface area (Å²) >= 11 is 6.38. The zero-order valence-electron chi connectivity index (χ0n) is 15.3. The van der Waals surface area contributed by atoms with Crippen LogP contribution in [0.4, 0.5) is 5.69 Å². The van der Waals surface area contributed by atoms with Crippen molar-refractivity contribution in [2.45, 2.75) is 25.3 Å². The Bertz CT molecular complexity index is 1010. The lowest BCUT2D eigenvalue weighted by Gasteiger charge is -2.48. The summed E-state index contributed by atoms with van der Waals surface area (Å²) in [4.78, 5) is 16.4. The predicted molar refractivity (Wildman–Crippen MR) is 108 cm³/mol. The first-order valence-corrected chi connectivity index (χ1v) is 9.36. The summed E-state index contributed by atoms with van der Waals surface area (Å²) < 4.78 is 4.94. The number of pyridine rings is 1. The third kappa shape index (κ3) is 3.15. The van der Waals surface area contributed by atoms with E-state index in [-0.39, 0.29) is 17.4 Å². The lowest BCUT2D eigenvalue weighted by atomic mass is 9.63. The molecule has 1 aliphatic carbocycles. The molecule has 0 bridgehead atoms. The van der Waals surface area contributed by atoms with E-state index in [0.717, 1.165) is 32.7 Å². The van der Waals surface area contributed by atoms with Crippen LogP contribution in [0.25, 0.3) is 10.9 Å². The number of benzene rings is 2. The summed E-state index contributed by atoms with van der Waals surface area (Å²) in [6, 6.07) is 16.1. The molecule has 1 saturated carbocycles.